The van der Waals surface area contributed by atoms with Gasteiger partial charge in [0.05, 0.1) is 4.47 Å². The van der Waals surface area contributed by atoms with Crippen molar-refractivity contribution in [3.05, 3.63) is 17.0 Å². The van der Waals surface area contributed by atoms with Crippen LogP contribution < -0.4 is 0 Å². The first-order chi connectivity index (χ1) is 6.86. The molecule has 4 heteroatoms. The minimum atomic E-state index is 0.905. The quantitative estimate of drug-likeness (QED) is 0.622. The molecule has 0 atom stereocenters. The molecule has 0 unspecified atom stereocenters. The molecule has 0 spiro atoms. The van der Waals surface area contributed by atoms with E-state index in [1.54, 1.807) is 6.33 Å². The van der Waals surface area contributed by atoms with E-state index in [-0.39, 0.29) is 0 Å². The first kappa shape index (κ1) is 10.4. The summed E-state index contributed by atoms with van der Waals surface area (Å²) >= 11 is 5.31. The molecule has 14 heavy (non-hydrogen) atoms. The zero-order chi connectivity index (χ0) is 9.80. The smallest absolute Gasteiger partial charge is 0.116 e. The lowest BCUT2D eigenvalue weighted by Gasteiger charge is -2.07. The van der Waals surface area contributed by atoms with Gasteiger partial charge in [0, 0.05) is 11.9 Å². The Morgan fingerprint density at radius 2 is 2.21 bits per heavy atom. The summed E-state index contributed by atoms with van der Waals surface area (Å²) in [6, 6.07) is 0. The molecule has 0 bridgehead atoms. The Hall–Kier alpha value is -0.0900. The number of rotatable bonds is 3. The molecule has 1 aromatic heterocycles. The largest absolute Gasteiger partial charge is 0.244 e. The molecule has 1 aliphatic carbocycles. The van der Waals surface area contributed by atoms with Crippen LogP contribution in [0.3, 0.4) is 0 Å². The Bertz CT molecular complexity index is 300. The molecule has 0 radical (unpaired) electrons. The van der Waals surface area contributed by atoms with Crippen LogP contribution in [0.5, 0.6) is 0 Å². The Morgan fingerprint density at radius 3 is 2.93 bits per heavy atom. The molecule has 2 rings (SSSR count). The number of aromatic nitrogens is 2. The van der Waals surface area contributed by atoms with Gasteiger partial charge in [0.25, 0.3) is 0 Å². The van der Waals surface area contributed by atoms with Gasteiger partial charge in [0.2, 0.25) is 0 Å². The number of hydrogen-bond acceptors (Lipinski definition) is 3. The zero-order valence-electron chi connectivity index (χ0n) is 7.95. The Kier molecular flexibility index (Phi) is 3.81. The molecule has 1 saturated carbocycles. The summed E-state index contributed by atoms with van der Waals surface area (Å²) in [4.78, 5) is 8.20. The predicted octanol–water partition coefficient (Wildman–Crippen LogP) is 3.52. The Balaban J connectivity index is 1.88. The van der Waals surface area contributed by atoms with E-state index in [9.17, 15) is 0 Å². The lowest BCUT2D eigenvalue weighted by Crippen LogP contribution is -1.97. The van der Waals surface area contributed by atoms with E-state index in [0.29, 0.717) is 0 Å². The second-order valence-electron chi connectivity index (χ2n) is 3.64. The van der Waals surface area contributed by atoms with E-state index < -0.39 is 0 Å². The van der Waals surface area contributed by atoms with Crippen LogP contribution in [0, 0.1) is 5.92 Å². The van der Waals surface area contributed by atoms with Gasteiger partial charge in [0.15, 0.2) is 0 Å². The van der Waals surface area contributed by atoms with E-state index in [4.69, 9.17) is 0 Å². The maximum absolute atomic E-state index is 4.24. The van der Waals surface area contributed by atoms with Gasteiger partial charge < -0.3 is 0 Å². The topological polar surface area (TPSA) is 25.8 Å². The predicted molar refractivity (Wildman–Crippen MR) is 62.4 cm³/mol. The fourth-order valence-corrected chi connectivity index (χ4v) is 3.38. The van der Waals surface area contributed by atoms with E-state index in [2.05, 4.69) is 25.9 Å². The average molecular weight is 273 g/mol. The summed E-state index contributed by atoms with van der Waals surface area (Å²) in [6.07, 6.45) is 9.05. The van der Waals surface area contributed by atoms with Crippen LogP contribution in [0.25, 0.3) is 0 Å². The maximum Gasteiger partial charge on any atom is 0.116 e. The number of halogens is 1. The van der Waals surface area contributed by atoms with Crippen molar-refractivity contribution in [2.75, 3.05) is 5.75 Å². The number of hydrogen-bond donors (Lipinski definition) is 0. The van der Waals surface area contributed by atoms with Gasteiger partial charge in [-0.15, -0.1) is 11.8 Å². The van der Waals surface area contributed by atoms with Crippen molar-refractivity contribution in [3.63, 3.8) is 0 Å². The first-order valence-corrected chi connectivity index (χ1v) is 6.72. The highest BCUT2D eigenvalue weighted by molar-refractivity contribution is 9.10. The van der Waals surface area contributed by atoms with Crippen LogP contribution in [0.4, 0.5) is 0 Å². The molecule has 0 N–H and O–H groups in total. The molecule has 1 heterocycles. The van der Waals surface area contributed by atoms with E-state index in [1.165, 1.54) is 31.4 Å². The van der Waals surface area contributed by atoms with Gasteiger partial charge >= 0.3 is 0 Å². The molecule has 1 aromatic rings. The summed E-state index contributed by atoms with van der Waals surface area (Å²) in [7, 11) is 0. The molecule has 1 aliphatic rings. The van der Waals surface area contributed by atoms with Gasteiger partial charge in [0.1, 0.15) is 11.4 Å². The van der Waals surface area contributed by atoms with E-state index in [1.807, 2.05) is 18.0 Å². The van der Waals surface area contributed by atoms with Crippen LogP contribution in [-0.4, -0.2) is 15.7 Å². The molecular weight excluding hydrogens is 260 g/mol. The molecule has 2 nitrogen and oxygen atoms in total. The summed E-state index contributed by atoms with van der Waals surface area (Å²) in [5, 5.41) is 1.08. The van der Waals surface area contributed by atoms with Gasteiger partial charge in [-0.25, -0.2) is 9.97 Å². The summed E-state index contributed by atoms with van der Waals surface area (Å²) in [6.45, 7) is 0. The third-order valence-electron chi connectivity index (χ3n) is 2.56. The minimum Gasteiger partial charge on any atom is -0.244 e. The van der Waals surface area contributed by atoms with Crippen molar-refractivity contribution < 1.29 is 0 Å². The Morgan fingerprint density at radius 1 is 1.43 bits per heavy atom. The summed E-state index contributed by atoms with van der Waals surface area (Å²) < 4.78 is 1.02. The van der Waals surface area contributed by atoms with Gasteiger partial charge in [-0.3, -0.25) is 0 Å². The molecule has 0 saturated heterocycles. The minimum absolute atomic E-state index is 0.905. The van der Waals surface area contributed by atoms with Crippen LogP contribution >= 0.6 is 27.7 Å². The van der Waals surface area contributed by atoms with Crippen molar-refractivity contribution in [2.45, 2.75) is 30.7 Å². The van der Waals surface area contributed by atoms with E-state index in [0.717, 1.165) is 15.4 Å². The highest BCUT2D eigenvalue weighted by Crippen LogP contribution is 2.32. The number of nitrogens with zero attached hydrogens (tertiary/aromatic N) is 2. The van der Waals surface area contributed by atoms with Crippen molar-refractivity contribution in [3.8, 4) is 0 Å². The lowest BCUT2D eigenvalue weighted by molar-refractivity contribution is 0.622. The molecule has 76 valence electrons. The van der Waals surface area contributed by atoms with Crippen molar-refractivity contribution >= 4 is 27.7 Å². The Labute approximate surface area is 97.0 Å². The maximum atomic E-state index is 4.24. The monoisotopic (exact) mass is 272 g/mol. The summed E-state index contributed by atoms with van der Waals surface area (Å²) in [5.74, 6) is 2.11. The second-order valence-corrected chi connectivity index (χ2v) is 5.50. The summed E-state index contributed by atoms with van der Waals surface area (Å²) in [5.41, 5.74) is 0. The standard InChI is InChI=1S/C10H13BrN2S/c11-9-5-12-7-13-10(9)14-6-8-3-1-2-4-8/h5,7-8H,1-4,6H2. The molecule has 0 aromatic carbocycles. The molecule has 0 amide bonds. The third-order valence-corrected chi connectivity index (χ3v) is 4.64. The van der Waals surface area contributed by atoms with E-state index >= 15 is 0 Å². The fourth-order valence-electron chi connectivity index (χ4n) is 1.78. The van der Waals surface area contributed by atoms with Crippen molar-refractivity contribution in [2.24, 2.45) is 5.92 Å². The fraction of sp³-hybridized carbons (Fsp3) is 0.600. The molecular formula is C10H13BrN2S. The highest BCUT2D eigenvalue weighted by Gasteiger charge is 2.15. The van der Waals surface area contributed by atoms with Gasteiger partial charge in [-0.1, -0.05) is 12.8 Å². The molecule has 0 aliphatic heterocycles. The lowest BCUT2D eigenvalue weighted by atomic mass is 10.1. The van der Waals surface area contributed by atoms with Crippen molar-refractivity contribution in [1.82, 2.24) is 9.97 Å². The SMILES string of the molecule is Brc1cncnc1SCC1CCCC1. The second kappa shape index (κ2) is 5.12. The van der Waals surface area contributed by atoms with Gasteiger partial charge in [-0.05, 0) is 34.7 Å². The van der Waals surface area contributed by atoms with Crippen LogP contribution in [0.15, 0.2) is 22.0 Å². The normalized spacial score (nSPS) is 17.5. The average Bonchev–Trinajstić information content (AvgIpc) is 2.69. The first-order valence-electron chi connectivity index (χ1n) is 4.94. The van der Waals surface area contributed by atoms with Crippen LogP contribution in [0.2, 0.25) is 0 Å². The van der Waals surface area contributed by atoms with Crippen molar-refractivity contribution in [1.29, 1.82) is 0 Å². The highest BCUT2D eigenvalue weighted by atomic mass is 79.9. The molecule has 1 fully saturated rings. The van der Waals surface area contributed by atoms with Crippen LogP contribution in [0.1, 0.15) is 25.7 Å². The van der Waals surface area contributed by atoms with Gasteiger partial charge in [-0.2, -0.15) is 0 Å². The van der Waals surface area contributed by atoms with Crippen LogP contribution in [-0.2, 0) is 0 Å². The zero-order valence-corrected chi connectivity index (χ0v) is 10.4. The number of thioether (sulfide) groups is 1. The third kappa shape index (κ3) is 2.70.